The van der Waals surface area contributed by atoms with E-state index in [0.29, 0.717) is 13.1 Å². The summed E-state index contributed by atoms with van der Waals surface area (Å²) >= 11 is 0. The smallest absolute Gasteiger partial charge is 0.263 e. The third-order valence-corrected chi connectivity index (χ3v) is 5.12. The lowest BCUT2D eigenvalue weighted by molar-refractivity contribution is -0.139. The van der Waals surface area contributed by atoms with Crippen LogP contribution in [0.3, 0.4) is 0 Å². The molecule has 1 aliphatic rings. The molecule has 1 aromatic heterocycles. The van der Waals surface area contributed by atoms with Crippen LogP contribution in [-0.2, 0) is 18.4 Å². The molecule has 0 aliphatic carbocycles. The van der Waals surface area contributed by atoms with Crippen molar-refractivity contribution >= 4 is 5.91 Å². The molecule has 1 aliphatic heterocycles. The van der Waals surface area contributed by atoms with Crippen molar-refractivity contribution in [2.24, 2.45) is 7.05 Å². The Morgan fingerprint density at radius 1 is 1.21 bits per heavy atom. The second-order valence-electron chi connectivity index (χ2n) is 7.11. The van der Waals surface area contributed by atoms with Crippen molar-refractivity contribution in [3.63, 3.8) is 0 Å². The Hall–Kier alpha value is -3.15. The number of amides is 1. The number of hydrogen-bond donors (Lipinski definition) is 0. The van der Waals surface area contributed by atoms with Crippen LogP contribution in [0.5, 0.6) is 5.75 Å². The van der Waals surface area contributed by atoms with Gasteiger partial charge in [0.2, 0.25) is 0 Å². The fraction of sp³-hybridized carbons (Fsp3) is 0.273. The van der Waals surface area contributed by atoms with Crippen LogP contribution >= 0.6 is 0 Å². The third kappa shape index (κ3) is 3.50. The summed E-state index contributed by atoms with van der Waals surface area (Å²) in [6, 6.07) is 14.3. The fourth-order valence-electron chi connectivity index (χ4n) is 3.72. The molecule has 0 N–H and O–H groups in total. The van der Waals surface area contributed by atoms with Gasteiger partial charge >= 0.3 is 0 Å². The number of para-hydroxylation sites is 1. The van der Waals surface area contributed by atoms with Crippen molar-refractivity contribution in [2.45, 2.75) is 25.5 Å². The largest absolute Gasteiger partial charge is 0.478 e. The van der Waals surface area contributed by atoms with Crippen LogP contribution in [0, 0.1) is 5.82 Å². The number of nitrogens with zero attached hydrogens (tertiary/aromatic N) is 3. The van der Waals surface area contributed by atoms with Crippen LogP contribution in [0.15, 0.2) is 60.9 Å². The van der Waals surface area contributed by atoms with Crippen molar-refractivity contribution in [3.8, 4) is 5.75 Å². The molecule has 4 rings (SSSR count). The van der Waals surface area contributed by atoms with Crippen molar-refractivity contribution < 1.29 is 13.9 Å². The van der Waals surface area contributed by atoms with E-state index < -0.39 is 11.9 Å². The lowest BCUT2D eigenvalue weighted by Gasteiger charge is -2.35. The average Bonchev–Trinajstić information content (AvgIpc) is 3.14. The molecule has 1 amide bonds. The van der Waals surface area contributed by atoms with Gasteiger partial charge in [0.15, 0.2) is 17.7 Å². The van der Waals surface area contributed by atoms with Gasteiger partial charge in [-0.25, -0.2) is 4.39 Å². The normalized spacial score (nSPS) is 17.1. The molecule has 0 unspecified atom stereocenters. The minimum atomic E-state index is -0.781. The summed E-state index contributed by atoms with van der Waals surface area (Å²) in [5, 5.41) is 4.28. The Kier molecular flexibility index (Phi) is 4.86. The van der Waals surface area contributed by atoms with Gasteiger partial charge in [-0.3, -0.25) is 9.48 Å². The molecule has 0 spiro atoms. The number of benzene rings is 2. The van der Waals surface area contributed by atoms with Crippen LogP contribution in [0.1, 0.15) is 29.5 Å². The molecule has 28 heavy (non-hydrogen) atoms. The molecule has 2 heterocycles. The maximum atomic E-state index is 13.9. The maximum Gasteiger partial charge on any atom is 0.263 e. The molecule has 144 valence electrons. The maximum absolute atomic E-state index is 13.9. The summed E-state index contributed by atoms with van der Waals surface area (Å²) in [6.45, 7) is 2.71. The first-order valence-corrected chi connectivity index (χ1v) is 9.29. The van der Waals surface area contributed by atoms with E-state index in [-0.39, 0.29) is 17.6 Å². The van der Waals surface area contributed by atoms with E-state index in [9.17, 15) is 9.18 Å². The predicted molar refractivity (Wildman–Crippen MR) is 103 cm³/mol. The lowest BCUT2D eigenvalue weighted by atomic mass is 9.86. The number of rotatable bonds is 4. The Labute approximate surface area is 163 Å². The molecule has 0 fully saturated rings. The molecular formula is C22H22FN3O2. The van der Waals surface area contributed by atoms with Crippen LogP contribution in [-0.4, -0.2) is 33.2 Å². The molecule has 0 bridgehead atoms. The van der Waals surface area contributed by atoms with Gasteiger partial charge in [-0.1, -0.05) is 36.4 Å². The quantitative estimate of drug-likeness (QED) is 0.697. The summed E-state index contributed by atoms with van der Waals surface area (Å²) in [5.74, 6) is -0.501. The summed E-state index contributed by atoms with van der Waals surface area (Å²) in [4.78, 5) is 14.8. The van der Waals surface area contributed by atoms with Crippen molar-refractivity contribution in [1.29, 1.82) is 0 Å². The van der Waals surface area contributed by atoms with Crippen LogP contribution in [0.25, 0.3) is 0 Å². The summed E-state index contributed by atoms with van der Waals surface area (Å²) < 4.78 is 21.3. The second-order valence-corrected chi connectivity index (χ2v) is 7.11. The number of carbonyl (C=O) groups is 1. The summed E-state index contributed by atoms with van der Waals surface area (Å²) in [7, 11) is 1.88. The monoisotopic (exact) mass is 379 g/mol. The van der Waals surface area contributed by atoms with E-state index in [1.165, 1.54) is 17.7 Å². The SMILES string of the molecule is C[C@H](Oc1ccccc1F)C(=O)N1Cc2ccccc2[C@@H](c2cnn(C)c2)C1. The first-order valence-electron chi connectivity index (χ1n) is 9.29. The summed E-state index contributed by atoms with van der Waals surface area (Å²) in [5.41, 5.74) is 3.38. The molecule has 0 radical (unpaired) electrons. The number of fused-ring (bicyclic) bond motifs is 1. The highest BCUT2D eigenvalue weighted by Gasteiger charge is 2.32. The van der Waals surface area contributed by atoms with Gasteiger partial charge in [0.1, 0.15) is 0 Å². The van der Waals surface area contributed by atoms with Gasteiger partial charge in [0.25, 0.3) is 5.91 Å². The van der Waals surface area contributed by atoms with Gasteiger partial charge in [-0.2, -0.15) is 5.10 Å². The van der Waals surface area contributed by atoms with Crippen LogP contribution in [0.4, 0.5) is 4.39 Å². The van der Waals surface area contributed by atoms with E-state index in [1.54, 1.807) is 28.6 Å². The number of aryl methyl sites for hydroxylation is 1. The van der Waals surface area contributed by atoms with Gasteiger partial charge in [-0.05, 0) is 35.7 Å². The molecule has 6 heteroatoms. The minimum Gasteiger partial charge on any atom is -0.478 e. The zero-order valence-electron chi connectivity index (χ0n) is 15.9. The van der Waals surface area contributed by atoms with E-state index in [2.05, 4.69) is 11.2 Å². The lowest BCUT2D eigenvalue weighted by Crippen LogP contribution is -2.44. The minimum absolute atomic E-state index is 0.0447. The molecule has 2 atom stereocenters. The average molecular weight is 379 g/mol. The van der Waals surface area contributed by atoms with E-state index in [0.717, 1.165) is 11.1 Å². The summed E-state index contributed by atoms with van der Waals surface area (Å²) in [6.07, 6.45) is 3.04. The van der Waals surface area contributed by atoms with Crippen LogP contribution in [0.2, 0.25) is 0 Å². The highest BCUT2D eigenvalue weighted by atomic mass is 19.1. The number of aromatic nitrogens is 2. The van der Waals surface area contributed by atoms with Crippen molar-refractivity contribution in [1.82, 2.24) is 14.7 Å². The first kappa shape index (κ1) is 18.2. The van der Waals surface area contributed by atoms with Gasteiger partial charge < -0.3 is 9.64 Å². The Morgan fingerprint density at radius 3 is 2.71 bits per heavy atom. The molecular weight excluding hydrogens is 357 g/mol. The standard InChI is InChI=1S/C22H22FN3O2/c1-15(28-21-10-6-5-9-20(21)23)22(27)26-13-16-7-3-4-8-18(16)19(14-26)17-11-24-25(2)12-17/h3-12,15,19H,13-14H2,1-2H3/t15-,19+/m0/s1. The number of halogens is 1. The Balaban J connectivity index is 1.58. The van der Waals surface area contributed by atoms with Gasteiger partial charge in [-0.15, -0.1) is 0 Å². The zero-order valence-corrected chi connectivity index (χ0v) is 15.9. The highest BCUT2D eigenvalue weighted by Crippen LogP contribution is 2.33. The Bertz CT molecular complexity index is 1000. The highest BCUT2D eigenvalue weighted by molar-refractivity contribution is 5.81. The van der Waals surface area contributed by atoms with Crippen molar-refractivity contribution in [3.05, 3.63) is 83.4 Å². The molecule has 0 saturated heterocycles. The Morgan fingerprint density at radius 2 is 1.96 bits per heavy atom. The van der Waals surface area contributed by atoms with E-state index in [1.807, 2.05) is 37.6 Å². The number of hydrogen-bond acceptors (Lipinski definition) is 3. The van der Waals surface area contributed by atoms with E-state index >= 15 is 0 Å². The topological polar surface area (TPSA) is 47.4 Å². The fourth-order valence-corrected chi connectivity index (χ4v) is 3.72. The number of ether oxygens (including phenoxy) is 1. The molecule has 5 nitrogen and oxygen atoms in total. The zero-order chi connectivity index (χ0) is 19.7. The molecule has 2 aromatic carbocycles. The molecule has 3 aromatic rings. The van der Waals surface area contributed by atoms with Gasteiger partial charge in [0.05, 0.1) is 6.20 Å². The van der Waals surface area contributed by atoms with E-state index in [4.69, 9.17) is 4.74 Å². The van der Waals surface area contributed by atoms with Gasteiger partial charge in [0, 0.05) is 32.3 Å². The third-order valence-electron chi connectivity index (χ3n) is 5.12. The van der Waals surface area contributed by atoms with Crippen molar-refractivity contribution in [2.75, 3.05) is 6.54 Å². The first-order chi connectivity index (χ1) is 13.5. The second kappa shape index (κ2) is 7.46. The number of carbonyl (C=O) groups excluding carboxylic acids is 1. The van der Waals surface area contributed by atoms with Crippen LogP contribution < -0.4 is 4.74 Å². The predicted octanol–water partition coefficient (Wildman–Crippen LogP) is 3.50. The molecule has 0 saturated carbocycles.